The highest BCUT2D eigenvalue weighted by Gasteiger charge is 2.12. The van der Waals surface area contributed by atoms with E-state index in [9.17, 15) is 8.78 Å². The van der Waals surface area contributed by atoms with E-state index in [2.05, 4.69) is 15.4 Å². The van der Waals surface area contributed by atoms with Crippen molar-refractivity contribution >= 4 is 28.8 Å². The molecule has 0 radical (unpaired) electrons. The van der Waals surface area contributed by atoms with Gasteiger partial charge in [0.15, 0.2) is 5.65 Å². The standard InChI is InChI=1S/C14H8ClF2N5/c15-5-12-4-13(20-11-2-9(16)1-10(17)3-11)22-14(21-12)8(6-18)7-19-22/h1-4,7,20H,5H2. The predicted octanol–water partition coefficient (Wildman–Crippen LogP) is 3.36. The van der Waals surface area contributed by atoms with Gasteiger partial charge >= 0.3 is 0 Å². The lowest BCUT2D eigenvalue weighted by Crippen LogP contribution is -2.04. The van der Waals surface area contributed by atoms with Gasteiger partial charge < -0.3 is 5.32 Å². The summed E-state index contributed by atoms with van der Waals surface area (Å²) in [5.74, 6) is -0.891. The van der Waals surface area contributed by atoms with Crippen molar-refractivity contribution in [2.75, 3.05) is 5.32 Å². The molecule has 1 N–H and O–H groups in total. The minimum atomic E-state index is -0.705. The quantitative estimate of drug-likeness (QED) is 0.752. The molecular formula is C14H8ClF2N5. The summed E-state index contributed by atoms with van der Waals surface area (Å²) in [6, 6.07) is 6.63. The minimum Gasteiger partial charge on any atom is -0.340 e. The molecule has 0 aliphatic heterocycles. The summed E-state index contributed by atoms with van der Waals surface area (Å²) in [7, 11) is 0. The molecule has 0 atom stereocenters. The second-order valence-corrected chi connectivity index (χ2v) is 4.72. The zero-order chi connectivity index (χ0) is 15.7. The van der Waals surface area contributed by atoms with Crippen LogP contribution in [0.4, 0.5) is 20.3 Å². The second-order valence-electron chi connectivity index (χ2n) is 4.45. The topological polar surface area (TPSA) is 66.0 Å². The van der Waals surface area contributed by atoms with E-state index in [4.69, 9.17) is 16.9 Å². The molecular weight excluding hydrogens is 312 g/mol. The molecule has 0 amide bonds. The Morgan fingerprint density at radius 2 is 1.95 bits per heavy atom. The number of alkyl halides is 1. The van der Waals surface area contributed by atoms with Crippen molar-refractivity contribution in [3.05, 3.63) is 53.4 Å². The van der Waals surface area contributed by atoms with Gasteiger partial charge in [-0.05, 0) is 12.1 Å². The summed E-state index contributed by atoms with van der Waals surface area (Å²) in [5, 5.41) is 15.9. The van der Waals surface area contributed by atoms with Gasteiger partial charge in [0.25, 0.3) is 0 Å². The van der Waals surface area contributed by atoms with E-state index < -0.39 is 11.6 Å². The lowest BCUT2D eigenvalue weighted by molar-refractivity contribution is 0.584. The Bertz CT molecular complexity index is 880. The van der Waals surface area contributed by atoms with Crippen LogP contribution in [0.1, 0.15) is 11.3 Å². The Morgan fingerprint density at radius 3 is 2.59 bits per heavy atom. The molecule has 2 heterocycles. The smallest absolute Gasteiger partial charge is 0.175 e. The molecule has 5 nitrogen and oxygen atoms in total. The van der Waals surface area contributed by atoms with Crippen LogP contribution in [0, 0.1) is 23.0 Å². The van der Waals surface area contributed by atoms with Crippen LogP contribution in [0.25, 0.3) is 5.65 Å². The summed E-state index contributed by atoms with van der Waals surface area (Å²) in [6.45, 7) is 0. The van der Waals surface area contributed by atoms with Gasteiger partial charge in [0.2, 0.25) is 0 Å². The fourth-order valence-electron chi connectivity index (χ4n) is 2.02. The van der Waals surface area contributed by atoms with E-state index in [0.29, 0.717) is 17.2 Å². The Kier molecular flexibility index (Phi) is 3.61. The molecule has 22 heavy (non-hydrogen) atoms. The molecule has 0 unspecified atom stereocenters. The Morgan fingerprint density at radius 1 is 1.23 bits per heavy atom. The first kappa shape index (κ1) is 14.2. The van der Waals surface area contributed by atoms with Gasteiger partial charge in [0.1, 0.15) is 29.1 Å². The molecule has 0 saturated carbocycles. The first-order valence-electron chi connectivity index (χ1n) is 6.17. The highest BCUT2D eigenvalue weighted by molar-refractivity contribution is 6.16. The number of benzene rings is 1. The Hall–Kier alpha value is -2.72. The monoisotopic (exact) mass is 319 g/mol. The van der Waals surface area contributed by atoms with E-state index in [-0.39, 0.29) is 17.1 Å². The number of nitriles is 1. The number of hydrogen-bond acceptors (Lipinski definition) is 4. The van der Waals surface area contributed by atoms with Crippen molar-refractivity contribution in [1.82, 2.24) is 14.6 Å². The highest BCUT2D eigenvalue weighted by Crippen LogP contribution is 2.22. The van der Waals surface area contributed by atoms with E-state index in [0.717, 1.165) is 18.2 Å². The number of rotatable bonds is 3. The molecule has 0 saturated heterocycles. The average Bonchev–Trinajstić information content (AvgIpc) is 2.89. The maximum atomic E-state index is 13.3. The number of hydrogen-bond donors (Lipinski definition) is 1. The van der Waals surface area contributed by atoms with Crippen LogP contribution in [0.15, 0.2) is 30.5 Å². The van der Waals surface area contributed by atoms with E-state index in [1.165, 1.54) is 10.7 Å². The summed E-state index contributed by atoms with van der Waals surface area (Å²) in [5.41, 5.74) is 1.31. The fraction of sp³-hybridized carbons (Fsp3) is 0.0714. The van der Waals surface area contributed by atoms with E-state index in [1.807, 2.05) is 6.07 Å². The number of fused-ring (bicyclic) bond motifs is 1. The average molecular weight is 320 g/mol. The molecule has 8 heteroatoms. The number of anilines is 2. The van der Waals surface area contributed by atoms with Gasteiger partial charge in [-0.25, -0.2) is 13.8 Å². The van der Waals surface area contributed by atoms with Crippen LogP contribution in [0.5, 0.6) is 0 Å². The van der Waals surface area contributed by atoms with Crippen molar-refractivity contribution in [3.63, 3.8) is 0 Å². The van der Waals surface area contributed by atoms with Crippen LogP contribution >= 0.6 is 11.6 Å². The first-order chi connectivity index (χ1) is 10.6. The van der Waals surface area contributed by atoms with Gasteiger partial charge in [-0.15, -0.1) is 11.6 Å². The second kappa shape index (κ2) is 5.58. The highest BCUT2D eigenvalue weighted by atomic mass is 35.5. The number of halogens is 3. The van der Waals surface area contributed by atoms with Crippen LogP contribution in [-0.2, 0) is 5.88 Å². The number of nitrogens with one attached hydrogen (secondary N) is 1. The van der Waals surface area contributed by atoms with Crippen molar-refractivity contribution in [2.45, 2.75) is 5.88 Å². The molecule has 0 aliphatic carbocycles. The zero-order valence-electron chi connectivity index (χ0n) is 11.0. The third-order valence-corrected chi connectivity index (χ3v) is 3.19. The van der Waals surface area contributed by atoms with E-state index >= 15 is 0 Å². The van der Waals surface area contributed by atoms with Crippen molar-refractivity contribution in [2.24, 2.45) is 0 Å². The van der Waals surface area contributed by atoms with Gasteiger partial charge in [-0.3, -0.25) is 0 Å². The van der Waals surface area contributed by atoms with Crippen molar-refractivity contribution in [1.29, 1.82) is 5.26 Å². The molecule has 0 aliphatic rings. The molecule has 0 fully saturated rings. The molecule has 3 rings (SSSR count). The molecule has 110 valence electrons. The Balaban J connectivity index is 2.13. The zero-order valence-corrected chi connectivity index (χ0v) is 11.8. The van der Waals surface area contributed by atoms with Gasteiger partial charge in [-0.2, -0.15) is 14.9 Å². The first-order valence-corrected chi connectivity index (χ1v) is 6.71. The van der Waals surface area contributed by atoms with Crippen molar-refractivity contribution in [3.8, 4) is 6.07 Å². The van der Waals surface area contributed by atoms with E-state index in [1.54, 1.807) is 6.07 Å². The largest absolute Gasteiger partial charge is 0.340 e. The number of aromatic nitrogens is 3. The van der Waals surface area contributed by atoms with Gasteiger partial charge in [0, 0.05) is 17.8 Å². The lowest BCUT2D eigenvalue weighted by atomic mass is 10.3. The van der Waals surface area contributed by atoms with Crippen LogP contribution in [0.3, 0.4) is 0 Å². The minimum absolute atomic E-state index is 0.124. The van der Waals surface area contributed by atoms with Gasteiger partial charge in [-0.1, -0.05) is 0 Å². The normalized spacial score (nSPS) is 10.6. The van der Waals surface area contributed by atoms with Crippen LogP contribution in [-0.4, -0.2) is 14.6 Å². The predicted molar refractivity (Wildman–Crippen MR) is 76.9 cm³/mol. The summed E-state index contributed by atoms with van der Waals surface area (Å²) in [4.78, 5) is 4.22. The number of nitrogens with zero attached hydrogens (tertiary/aromatic N) is 4. The third kappa shape index (κ3) is 2.56. The van der Waals surface area contributed by atoms with Gasteiger partial charge in [0.05, 0.1) is 17.8 Å². The maximum Gasteiger partial charge on any atom is 0.175 e. The Labute approximate surface area is 128 Å². The SMILES string of the molecule is N#Cc1cnn2c(Nc3cc(F)cc(F)c3)cc(CCl)nc12. The molecule has 1 aromatic carbocycles. The molecule has 3 aromatic rings. The van der Waals surface area contributed by atoms with Crippen molar-refractivity contribution < 1.29 is 8.78 Å². The third-order valence-electron chi connectivity index (χ3n) is 2.92. The molecule has 0 bridgehead atoms. The fourth-order valence-corrected chi connectivity index (χ4v) is 2.16. The molecule has 2 aromatic heterocycles. The molecule has 0 spiro atoms. The van der Waals surface area contributed by atoms with Crippen LogP contribution in [0.2, 0.25) is 0 Å². The summed E-state index contributed by atoms with van der Waals surface area (Å²) < 4.78 is 27.9. The maximum absolute atomic E-state index is 13.3. The summed E-state index contributed by atoms with van der Waals surface area (Å²) >= 11 is 5.79. The summed E-state index contributed by atoms with van der Waals surface area (Å²) in [6.07, 6.45) is 1.36. The van der Waals surface area contributed by atoms with Crippen LogP contribution < -0.4 is 5.32 Å². The lowest BCUT2D eigenvalue weighted by Gasteiger charge is -2.10.